The first-order valence-corrected chi connectivity index (χ1v) is 5.16. The number of carbonyl (C=O) groups is 1. The average molecular weight is 263 g/mol. The van der Waals surface area contributed by atoms with Crippen molar-refractivity contribution in [3.8, 4) is 0 Å². The third kappa shape index (κ3) is 2.59. The van der Waals surface area contributed by atoms with Crippen molar-refractivity contribution < 1.29 is 13.6 Å². The van der Waals surface area contributed by atoms with Crippen molar-refractivity contribution in [3.63, 3.8) is 0 Å². The molecular formula is C12H7F2N3O2. The first kappa shape index (κ1) is 12.7. The summed E-state index contributed by atoms with van der Waals surface area (Å²) in [5, 5.41) is 4.70. The summed E-state index contributed by atoms with van der Waals surface area (Å²) in [5.74, 6) is -3.60. The highest BCUT2D eigenvalue weighted by atomic mass is 19.2. The molecule has 0 radical (unpaired) electrons. The van der Waals surface area contributed by atoms with Crippen LogP contribution in [-0.2, 0) is 0 Å². The van der Waals surface area contributed by atoms with Crippen LogP contribution in [0.1, 0.15) is 10.4 Å². The van der Waals surface area contributed by atoms with E-state index in [1.54, 1.807) is 12.1 Å². The van der Waals surface area contributed by atoms with Gasteiger partial charge < -0.3 is 5.32 Å². The number of amides is 1. The highest BCUT2D eigenvalue weighted by Crippen LogP contribution is 2.26. The molecule has 0 bridgehead atoms. The fraction of sp³-hybridized carbons (Fsp3) is 0. The number of nitrogens with zero attached hydrogens (tertiary/aromatic N) is 2. The third-order valence-electron chi connectivity index (χ3n) is 2.34. The normalized spacial score (nSPS) is 10.0. The zero-order valence-corrected chi connectivity index (χ0v) is 9.43. The number of aromatic nitrogens is 1. The molecule has 0 aliphatic rings. The highest BCUT2D eigenvalue weighted by molar-refractivity contribution is 6.00. The summed E-state index contributed by atoms with van der Waals surface area (Å²) in [6.07, 6.45) is 2.85. The first-order valence-electron chi connectivity index (χ1n) is 5.16. The molecule has 0 saturated heterocycles. The lowest BCUT2D eigenvalue weighted by atomic mass is 10.1. The molecule has 0 aliphatic heterocycles. The minimum atomic E-state index is -1.27. The molecule has 1 aromatic carbocycles. The van der Waals surface area contributed by atoms with Crippen LogP contribution in [-0.4, -0.2) is 10.9 Å². The van der Waals surface area contributed by atoms with E-state index in [9.17, 15) is 18.5 Å². The summed E-state index contributed by atoms with van der Waals surface area (Å²) >= 11 is 0. The van der Waals surface area contributed by atoms with Gasteiger partial charge in [-0.3, -0.25) is 9.78 Å². The van der Waals surface area contributed by atoms with Crippen LogP contribution in [0.5, 0.6) is 0 Å². The molecule has 2 rings (SSSR count). The van der Waals surface area contributed by atoms with E-state index in [1.807, 2.05) is 0 Å². The summed E-state index contributed by atoms with van der Waals surface area (Å²) in [6.45, 7) is 0. The SMILES string of the molecule is O=NC(=O)c1ccc(F)c(F)c1Nc1cccnc1. The van der Waals surface area contributed by atoms with Gasteiger partial charge in [-0.2, -0.15) is 0 Å². The molecule has 7 heteroatoms. The molecule has 0 aliphatic carbocycles. The molecule has 5 nitrogen and oxygen atoms in total. The largest absolute Gasteiger partial charge is 0.351 e. The lowest BCUT2D eigenvalue weighted by Gasteiger charge is -2.10. The monoisotopic (exact) mass is 263 g/mol. The second-order valence-corrected chi connectivity index (χ2v) is 3.55. The Morgan fingerprint density at radius 1 is 1.26 bits per heavy atom. The Hall–Kier alpha value is -2.70. The molecule has 0 unspecified atom stereocenters. The maximum absolute atomic E-state index is 13.7. The van der Waals surface area contributed by atoms with Crippen LogP contribution in [0.15, 0.2) is 41.8 Å². The molecule has 19 heavy (non-hydrogen) atoms. The van der Waals surface area contributed by atoms with E-state index in [4.69, 9.17) is 0 Å². The lowest BCUT2D eigenvalue weighted by molar-refractivity contribution is 0.100. The third-order valence-corrected chi connectivity index (χ3v) is 2.34. The molecular weight excluding hydrogens is 256 g/mol. The van der Waals surface area contributed by atoms with Gasteiger partial charge in [0.25, 0.3) is 0 Å². The Kier molecular flexibility index (Phi) is 3.56. The molecule has 1 aromatic heterocycles. The molecule has 0 saturated carbocycles. The van der Waals surface area contributed by atoms with Crippen molar-refractivity contribution in [2.24, 2.45) is 5.18 Å². The molecule has 0 spiro atoms. The Morgan fingerprint density at radius 2 is 2.05 bits per heavy atom. The van der Waals surface area contributed by atoms with Crippen molar-refractivity contribution >= 4 is 17.3 Å². The predicted octanol–water partition coefficient (Wildman–Crippen LogP) is 3.01. The second kappa shape index (κ2) is 5.30. The van der Waals surface area contributed by atoms with Crippen LogP contribution < -0.4 is 5.32 Å². The van der Waals surface area contributed by atoms with Gasteiger partial charge in [0.2, 0.25) is 0 Å². The van der Waals surface area contributed by atoms with Gasteiger partial charge in [0.1, 0.15) is 0 Å². The number of anilines is 2. The predicted molar refractivity (Wildman–Crippen MR) is 64.0 cm³/mol. The van der Waals surface area contributed by atoms with Crippen LogP contribution in [0.3, 0.4) is 0 Å². The summed E-state index contributed by atoms with van der Waals surface area (Å²) in [7, 11) is 0. The van der Waals surface area contributed by atoms with Gasteiger partial charge in [-0.05, 0) is 24.3 Å². The highest BCUT2D eigenvalue weighted by Gasteiger charge is 2.19. The number of nitroso groups, excluding NO2 is 1. The Bertz CT molecular complexity index is 632. The number of pyridine rings is 1. The minimum Gasteiger partial charge on any atom is -0.351 e. The van der Waals surface area contributed by atoms with Gasteiger partial charge in [0.05, 0.1) is 23.1 Å². The number of halogens is 2. The van der Waals surface area contributed by atoms with Crippen molar-refractivity contribution in [1.29, 1.82) is 0 Å². The zero-order valence-electron chi connectivity index (χ0n) is 9.43. The van der Waals surface area contributed by atoms with Gasteiger partial charge in [0.15, 0.2) is 11.6 Å². The van der Waals surface area contributed by atoms with E-state index in [0.717, 1.165) is 12.1 Å². The van der Waals surface area contributed by atoms with Crippen LogP contribution in [0.25, 0.3) is 0 Å². The maximum atomic E-state index is 13.7. The summed E-state index contributed by atoms with van der Waals surface area (Å²) in [6, 6.07) is 4.85. The maximum Gasteiger partial charge on any atom is 0.318 e. The van der Waals surface area contributed by atoms with Crippen LogP contribution in [0.2, 0.25) is 0 Å². The molecule has 1 amide bonds. The number of hydrogen-bond acceptors (Lipinski definition) is 4. The number of nitrogens with one attached hydrogen (secondary N) is 1. The Labute approximate surface area is 106 Å². The van der Waals surface area contributed by atoms with E-state index in [1.165, 1.54) is 12.4 Å². The molecule has 0 fully saturated rings. The van der Waals surface area contributed by atoms with E-state index >= 15 is 0 Å². The number of hydrogen-bond donors (Lipinski definition) is 1. The van der Waals surface area contributed by atoms with Gasteiger partial charge in [-0.15, -0.1) is 4.91 Å². The van der Waals surface area contributed by atoms with Crippen molar-refractivity contribution in [1.82, 2.24) is 4.98 Å². The van der Waals surface area contributed by atoms with Gasteiger partial charge >= 0.3 is 5.91 Å². The zero-order chi connectivity index (χ0) is 13.8. The molecule has 96 valence electrons. The number of carbonyl (C=O) groups excluding carboxylic acids is 1. The van der Waals surface area contributed by atoms with Crippen molar-refractivity contribution in [3.05, 3.63) is 58.8 Å². The first-order chi connectivity index (χ1) is 9.13. The standard InChI is InChI=1S/C12H7F2N3O2/c13-9-4-3-8(12(18)17-19)11(10(9)14)16-7-2-1-5-15-6-7/h1-6,16H. The number of benzene rings is 1. The summed E-state index contributed by atoms with van der Waals surface area (Å²) in [5.41, 5.74) is -0.456. The van der Waals surface area contributed by atoms with Gasteiger partial charge in [0, 0.05) is 11.4 Å². The van der Waals surface area contributed by atoms with Crippen LogP contribution >= 0.6 is 0 Å². The fourth-order valence-electron chi connectivity index (χ4n) is 1.48. The summed E-state index contributed by atoms with van der Waals surface area (Å²) in [4.78, 5) is 25.3. The topological polar surface area (TPSA) is 71.4 Å². The van der Waals surface area contributed by atoms with Crippen LogP contribution in [0.4, 0.5) is 20.2 Å². The van der Waals surface area contributed by atoms with Crippen molar-refractivity contribution in [2.75, 3.05) is 5.32 Å². The second-order valence-electron chi connectivity index (χ2n) is 3.55. The molecule has 0 atom stereocenters. The van der Waals surface area contributed by atoms with Crippen molar-refractivity contribution in [2.45, 2.75) is 0 Å². The Morgan fingerprint density at radius 3 is 2.68 bits per heavy atom. The number of rotatable bonds is 3. The molecule has 1 heterocycles. The van der Waals surface area contributed by atoms with Crippen LogP contribution in [0, 0.1) is 16.5 Å². The smallest absolute Gasteiger partial charge is 0.318 e. The molecule has 2 aromatic rings. The van der Waals surface area contributed by atoms with Gasteiger partial charge in [-0.25, -0.2) is 8.78 Å². The minimum absolute atomic E-state index is 0.340. The quantitative estimate of drug-likeness (QED) is 0.864. The fourth-order valence-corrected chi connectivity index (χ4v) is 1.48. The average Bonchev–Trinajstić information content (AvgIpc) is 2.44. The molecule has 1 N–H and O–H groups in total. The lowest BCUT2D eigenvalue weighted by Crippen LogP contribution is -2.05. The Balaban J connectivity index is 2.50. The van der Waals surface area contributed by atoms with Gasteiger partial charge in [-0.1, -0.05) is 0 Å². The van der Waals surface area contributed by atoms with E-state index < -0.39 is 23.2 Å². The van der Waals surface area contributed by atoms with E-state index in [0.29, 0.717) is 5.69 Å². The van der Waals surface area contributed by atoms with E-state index in [-0.39, 0.29) is 5.56 Å². The van der Waals surface area contributed by atoms with E-state index in [2.05, 4.69) is 15.5 Å². The summed E-state index contributed by atoms with van der Waals surface area (Å²) < 4.78 is 26.9.